The number of aliphatic hydroxyl groups is 2. The van der Waals surface area contributed by atoms with Crippen molar-refractivity contribution in [2.24, 2.45) is 0 Å². The van der Waals surface area contributed by atoms with Crippen molar-refractivity contribution in [1.82, 2.24) is 5.32 Å². The van der Waals surface area contributed by atoms with Crippen LogP contribution in [0.1, 0.15) is 19.8 Å². The summed E-state index contributed by atoms with van der Waals surface area (Å²) in [5, 5.41) is 19.4. The molecule has 3 nitrogen and oxygen atoms in total. The van der Waals surface area contributed by atoms with Crippen LogP contribution < -0.4 is 5.32 Å². The summed E-state index contributed by atoms with van der Waals surface area (Å²) in [6, 6.07) is 0. The molecule has 0 saturated carbocycles. The topological polar surface area (TPSA) is 52.5 Å². The summed E-state index contributed by atoms with van der Waals surface area (Å²) in [5.41, 5.74) is -0.432. The van der Waals surface area contributed by atoms with E-state index < -0.39 is 5.60 Å². The number of β-amino-alcohol motifs (C(OH)–C–C–N with tert-alkyl or cyclic N) is 1. The highest BCUT2D eigenvalue weighted by atomic mass is 16.3. The maximum absolute atomic E-state index is 9.31. The molecule has 1 unspecified atom stereocenters. The van der Waals surface area contributed by atoms with Gasteiger partial charge < -0.3 is 15.5 Å². The molecule has 1 aliphatic heterocycles. The molecule has 1 fully saturated rings. The van der Waals surface area contributed by atoms with E-state index in [0.29, 0.717) is 0 Å². The summed E-state index contributed by atoms with van der Waals surface area (Å²) >= 11 is 0. The first-order valence-electron chi connectivity index (χ1n) is 3.59. The lowest BCUT2D eigenvalue weighted by molar-refractivity contribution is 0.0351. The average molecular weight is 147 g/mol. The molecule has 3 N–H and O–H groups in total. The second-order valence-electron chi connectivity index (χ2n) is 2.78. The van der Waals surface area contributed by atoms with Crippen molar-refractivity contribution in [2.75, 3.05) is 20.2 Å². The van der Waals surface area contributed by atoms with E-state index >= 15 is 0 Å². The smallest absolute Gasteiger partial charge is 0.0744 e. The van der Waals surface area contributed by atoms with E-state index in [4.69, 9.17) is 5.11 Å². The molecule has 0 spiro atoms. The number of hydrogen-bond donors (Lipinski definition) is 3. The highest BCUT2D eigenvalue weighted by molar-refractivity contribution is 4.79. The van der Waals surface area contributed by atoms with Crippen LogP contribution in [-0.2, 0) is 0 Å². The minimum atomic E-state index is -0.432. The number of hydrogen-bond acceptors (Lipinski definition) is 3. The van der Waals surface area contributed by atoms with Crippen molar-refractivity contribution in [3.8, 4) is 0 Å². The molecule has 0 aromatic heterocycles. The first kappa shape index (κ1) is 9.88. The van der Waals surface area contributed by atoms with Crippen molar-refractivity contribution >= 4 is 0 Å². The zero-order valence-electron chi connectivity index (χ0n) is 6.72. The van der Waals surface area contributed by atoms with Gasteiger partial charge in [0, 0.05) is 13.7 Å². The van der Waals surface area contributed by atoms with Gasteiger partial charge >= 0.3 is 0 Å². The Morgan fingerprint density at radius 2 is 2.00 bits per heavy atom. The summed E-state index contributed by atoms with van der Waals surface area (Å²) in [6.45, 7) is 3.70. The van der Waals surface area contributed by atoms with E-state index in [1.807, 2.05) is 6.92 Å². The Labute approximate surface area is 62.1 Å². The largest absolute Gasteiger partial charge is 0.400 e. The first-order valence-corrected chi connectivity index (χ1v) is 3.59. The monoisotopic (exact) mass is 147 g/mol. The van der Waals surface area contributed by atoms with Crippen LogP contribution in [0.4, 0.5) is 0 Å². The molecular formula is C7H17NO2. The molecule has 0 aromatic rings. The van der Waals surface area contributed by atoms with Gasteiger partial charge in [-0.05, 0) is 26.3 Å². The quantitative estimate of drug-likeness (QED) is 0.442. The third kappa shape index (κ3) is 3.82. The maximum Gasteiger partial charge on any atom is 0.0744 e. The van der Waals surface area contributed by atoms with Crippen molar-refractivity contribution in [3.63, 3.8) is 0 Å². The van der Waals surface area contributed by atoms with Crippen LogP contribution in [0.5, 0.6) is 0 Å². The molecule has 3 heteroatoms. The minimum Gasteiger partial charge on any atom is -0.400 e. The molecule has 1 aliphatic rings. The van der Waals surface area contributed by atoms with E-state index in [-0.39, 0.29) is 0 Å². The fraction of sp³-hybridized carbons (Fsp3) is 1.00. The minimum absolute atomic E-state index is 0.432. The molecule has 1 saturated heterocycles. The summed E-state index contributed by atoms with van der Waals surface area (Å²) in [4.78, 5) is 0. The second kappa shape index (κ2) is 4.66. The van der Waals surface area contributed by atoms with Gasteiger partial charge in [0.05, 0.1) is 5.60 Å². The summed E-state index contributed by atoms with van der Waals surface area (Å²) in [7, 11) is 1.00. The Balaban J connectivity index is 0.000000371. The van der Waals surface area contributed by atoms with Crippen LogP contribution in [0.25, 0.3) is 0 Å². The van der Waals surface area contributed by atoms with E-state index in [1.165, 1.54) is 0 Å². The number of nitrogens with one attached hydrogen (secondary N) is 1. The van der Waals surface area contributed by atoms with Crippen LogP contribution in [-0.4, -0.2) is 36.0 Å². The molecule has 0 aliphatic carbocycles. The third-order valence-electron chi connectivity index (χ3n) is 1.57. The molecule has 0 bridgehead atoms. The number of rotatable bonds is 0. The van der Waals surface area contributed by atoms with Gasteiger partial charge in [-0.25, -0.2) is 0 Å². The Morgan fingerprint density at radius 1 is 1.40 bits per heavy atom. The predicted molar refractivity (Wildman–Crippen MR) is 40.9 cm³/mol. The van der Waals surface area contributed by atoms with Gasteiger partial charge in [-0.3, -0.25) is 0 Å². The summed E-state index contributed by atoms with van der Waals surface area (Å²) in [6.07, 6.45) is 2.05. The Bertz CT molecular complexity index is 75.7. The molecule has 0 radical (unpaired) electrons. The van der Waals surface area contributed by atoms with Crippen LogP contribution in [0.3, 0.4) is 0 Å². The molecular weight excluding hydrogens is 130 g/mol. The van der Waals surface area contributed by atoms with Gasteiger partial charge in [0.2, 0.25) is 0 Å². The fourth-order valence-corrected chi connectivity index (χ4v) is 1.04. The van der Waals surface area contributed by atoms with Gasteiger partial charge in [-0.2, -0.15) is 0 Å². The van der Waals surface area contributed by atoms with Crippen LogP contribution in [0.2, 0.25) is 0 Å². The van der Waals surface area contributed by atoms with E-state index in [9.17, 15) is 5.11 Å². The summed E-state index contributed by atoms with van der Waals surface area (Å²) < 4.78 is 0. The fourth-order valence-electron chi connectivity index (χ4n) is 1.04. The first-order chi connectivity index (χ1) is 4.71. The Kier molecular flexibility index (Phi) is 4.60. The van der Waals surface area contributed by atoms with Gasteiger partial charge in [0.1, 0.15) is 0 Å². The molecule has 0 aromatic carbocycles. The van der Waals surface area contributed by atoms with Crippen LogP contribution in [0.15, 0.2) is 0 Å². The molecule has 1 heterocycles. The van der Waals surface area contributed by atoms with Crippen molar-refractivity contribution < 1.29 is 10.2 Å². The zero-order valence-corrected chi connectivity index (χ0v) is 6.72. The molecule has 0 amide bonds. The zero-order chi connectivity index (χ0) is 8.04. The van der Waals surface area contributed by atoms with Crippen molar-refractivity contribution in [2.45, 2.75) is 25.4 Å². The number of piperidine rings is 1. The van der Waals surface area contributed by atoms with Gasteiger partial charge in [-0.15, -0.1) is 0 Å². The van der Waals surface area contributed by atoms with E-state index in [2.05, 4.69) is 5.32 Å². The molecule has 1 atom stereocenters. The molecule has 62 valence electrons. The van der Waals surface area contributed by atoms with Gasteiger partial charge in [0.25, 0.3) is 0 Å². The average Bonchev–Trinajstić information content (AvgIpc) is 1.92. The normalized spacial score (nSPS) is 32.4. The highest BCUT2D eigenvalue weighted by Gasteiger charge is 2.21. The number of aliphatic hydroxyl groups excluding tert-OH is 1. The third-order valence-corrected chi connectivity index (χ3v) is 1.57. The lowest BCUT2D eigenvalue weighted by atomic mass is 9.97. The van der Waals surface area contributed by atoms with Gasteiger partial charge in [0.15, 0.2) is 0 Å². The van der Waals surface area contributed by atoms with E-state index in [1.54, 1.807) is 0 Å². The standard InChI is InChI=1S/C6H13NO.CH4O/c1-6(8)3-2-4-7-5-6;1-2/h7-8H,2-5H2,1H3;2H,1H3. The van der Waals surface area contributed by atoms with Gasteiger partial charge in [-0.1, -0.05) is 0 Å². The lowest BCUT2D eigenvalue weighted by Crippen LogP contribution is -2.42. The van der Waals surface area contributed by atoms with Crippen LogP contribution in [0, 0.1) is 0 Å². The SMILES string of the molecule is CC1(O)CCCNC1.CO. The molecule has 10 heavy (non-hydrogen) atoms. The lowest BCUT2D eigenvalue weighted by Gasteiger charge is -2.28. The van der Waals surface area contributed by atoms with Crippen LogP contribution >= 0.6 is 0 Å². The van der Waals surface area contributed by atoms with Crippen molar-refractivity contribution in [3.05, 3.63) is 0 Å². The van der Waals surface area contributed by atoms with Crippen molar-refractivity contribution in [1.29, 1.82) is 0 Å². The highest BCUT2D eigenvalue weighted by Crippen LogP contribution is 2.13. The second-order valence-corrected chi connectivity index (χ2v) is 2.78. The molecule has 1 rings (SSSR count). The summed E-state index contributed by atoms with van der Waals surface area (Å²) in [5.74, 6) is 0. The maximum atomic E-state index is 9.31. The predicted octanol–water partition coefficient (Wildman–Crippen LogP) is -0.271. The van der Waals surface area contributed by atoms with E-state index in [0.717, 1.165) is 33.0 Å². The Hall–Kier alpha value is -0.120. The Morgan fingerprint density at radius 3 is 2.20 bits per heavy atom.